The van der Waals surface area contributed by atoms with Crippen LogP contribution in [0.25, 0.3) is 0 Å². The minimum atomic E-state index is -0.268. The molecule has 16 heavy (non-hydrogen) atoms. The monoisotopic (exact) mass is 328 g/mol. The van der Waals surface area contributed by atoms with Gasteiger partial charge in [0.25, 0.3) is 0 Å². The Labute approximate surface area is 107 Å². The number of nitrogens with one attached hydrogen (secondary N) is 1. The minimum absolute atomic E-state index is 0.268. The van der Waals surface area contributed by atoms with Gasteiger partial charge in [-0.05, 0) is 65.4 Å². The maximum atomic E-state index is 13.5. The summed E-state index contributed by atoms with van der Waals surface area (Å²) in [4.78, 5) is 4.12. The lowest BCUT2D eigenvalue weighted by Crippen LogP contribution is -1.96. The smallest absolute Gasteiger partial charge is 0.147 e. The summed E-state index contributed by atoms with van der Waals surface area (Å²) in [6.45, 7) is 1.97. The van der Waals surface area contributed by atoms with Crippen molar-refractivity contribution in [3.8, 4) is 0 Å². The zero-order valence-electron chi connectivity index (χ0n) is 8.67. The van der Waals surface area contributed by atoms with Crippen LogP contribution in [0, 0.1) is 16.3 Å². The van der Waals surface area contributed by atoms with Crippen LogP contribution in [0.1, 0.15) is 5.56 Å². The second-order valence-corrected chi connectivity index (χ2v) is 4.71. The van der Waals surface area contributed by atoms with E-state index in [1.54, 1.807) is 12.3 Å². The Balaban J connectivity index is 2.27. The molecule has 1 N–H and O–H groups in total. The number of benzene rings is 1. The molecule has 4 heteroatoms. The third kappa shape index (κ3) is 2.69. The predicted molar refractivity (Wildman–Crippen MR) is 71.4 cm³/mol. The first-order chi connectivity index (χ1) is 7.65. The first kappa shape index (κ1) is 11.3. The number of hydrogen-bond acceptors (Lipinski definition) is 2. The summed E-state index contributed by atoms with van der Waals surface area (Å²) in [5, 5.41) is 2.95. The van der Waals surface area contributed by atoms with E-state index in [0.29, 0.717) is 11.5 Å². The molecule has 0 aliphatic carbocycles. The molecular formula is C12H10FIN2. The normalized spacial score (nSPS) is 10.2. The molecular weight excluding hydrogens is 318 g/mol. The largest absolute Gasteiger partial charge is 0.338 e. The van der Waals surface area contributed by atoms with Gasteiger partial charge in [-0.2, -0.15) is 0 Å². The number of aryl methyl sites for hydroxylation is 1. The Morgan fingerprint density at radius 3 is 2.75 bits per heavy atom. The van der Waals surface area contributed by atoms with Gasteiger partial charge in [0, 0.05) is 9.77 Å². The van der Waals surface area contributed by atoms with E-state index in [9.17, 15) is 4.39 Å². The van der Waals surface area contributed by atoms with Crippen molar-refractivity contribution in [1.82, 2.24) is 4.98 Å². The third-order valence-electron chi connectivity index (χ3n) is 2.11. The van der Waals surface area contributed by atoms with Crippen LogP contribution in [0.5, 0.6) is 0 Å². The van der Waals surface area contributed by atoms with Gasteiger partial charge in [-0.3, -0.25) is 0 Å². The zero-order valence-corrected chi connectivity index (χ0v) is 10.8. The molecule has 0 atom stereocenters. The minimum Gasteiger partial charge on any atom is -0.338 e. The van der Waals surface area contributed by atoms with Crippen molar-refractivity contribution < 1.29 is 4.39 Å². The standard InChI is InChI=1S/C12H10FIN2/c1-8-4-5-15-12(6-8)16-11-3-2-9(14)7-10(11)13/h2-7H,1H3,(H,15,16). The molecule has 0 aliphatic rings. The number of rotatable bonds is 2. The van der Waals surface area contributed by atoms with Crippen molar-refractivity contribution in [3.63, 3.8) is 0 Å². The molecule has 0 fully saturated rings. The highest BCUT2D eigenvalue weighted by Gasteiger charge is 2.03. The Morgan fingerprint density at radius 2 is 2.06 bits per heavy atom. The fourth-order valence-corrected chi connectivity index (χ4v) is 1.79. The van der Waals surface area contributed by atoms with Gasteiger partial charge in [-0.25, -0.2) is 9.37 Å². The Hall–Kier alpha value is -1.17. The third-order valence-corrected chi connectivity index (χ3v) is 2.78. The number of aromatic nitrogens is 1. The van der Waals surface area contributed by atoms with E-state index in [4.69, 9.17) is 0 Å². The van der Waals surface area contributed by atoms with Gasteiger partial charge >= 0.3 is 0 Å². The number of hydrogen-bond donors (Lipinski definition) is 1. The van der Waals surface area contributed by atoms with E-state index in [2.05, 4.69) is 32.9 Å². The molecule has 1 aromatic heterocycles. The molecule has 0 amide bonds. The molecule has 2 aromatic rings. The number of pyridine rings is 1. The lowest BCUT2D eigenvalue weighted by molar-refractivity contribution is 0.631. The van der Waals surface area contributed by atoms with Crippen LogP contribution < -0.4 is 5.32 Å². The van der Waals surface area contributed by atoms with Crippen LogP contribution in [0.15, 0.2) is 36.5 Å². The molecule has 0 spiro atoms. The van der Waals surface area contributed by atoms with Crippen LogP contribution in [-0.2, 0) is 0 Å². The summed E-state index contributed by atoms with van der Waals surface area (Å²) in [7, 11) is 0. The predicted octanol–water partition coefficient (Wildman–Crippen LogP) is 3.88. The fraction of sp³-hybridized carbons (Fsp3) is 0.0833. The lowest BCUT2D eigenvalue weighted by atomic mass is 10.2. The Morgan fingerprint density at radius 1 is 1.25 bits per heavy atom. The van der Waals surface area contributed by atoms with E-state index in [1.807, 2.05) is 25.1 Å². The first-order valence-electron chi connectivity index (χ1n) is 4.80. The van der Waals surface area contributed by atoms with Crippen LogP contribution in [0.2, 0.25) is 0 Å². The van der Waals surface area contributed by atoms with Crippen molar-refractivity contribution in [2.24, 2.45) is 0 Å². The molecule has 82 valence electrons. The summed E-state index contributed by atoms with van der Waals surface area (Å²) in [5.74, 6) is 0.385. The van der Waals surface area contributed by atoms with E-state index >= 15 is 0 Å². The average Bonchev–Trinajstić information content (AvgIpc) is 2.22. The average molecular weight is 328 g/mol. The quantitative estimate of drug-likeness (QED) is 0.847. The van der Waals surface area contributed by atoms with Gasteiger partial charge in [0.1, 0.15) is 11.6 Å². The molecule has 2 rings (SSSR count). The van der Waals surface area contributed by atoms with Gasteiger partial charge in [0.15, 0.2) is 0 Å². The summed E-state index contributed by atoms with van der Waals surface area (Å²) in [5.41, 5.74) is 1.53. The Kier molecular flexibility index (Phi) is 3.38. The van der Waals surface area contributed by atoms with E-state index in [1.165, 1.54) is 6.07 Å². The molecule has 0 aliphatic heterocycles. The second-order valence-electron chi connectivity index (χ2n) is 3.47. The van der Waals surface area contributed by atoms with E-state index < -0.39 is 0 Å². The SMILES string of the molecule is Cc1ccnc(Nc2ccc(I)cc2F)c1. The van der Waals surface area contributed by atoms with Gasteiger partial charge in [0.2, 0.25) is 0 Å². The van der Waals surface area contributed by atoms with Crippen molar-refractivity contribution in [2.75, 3.05) is 5.32 Å². The van der Waals surface area contributed by atoms with Crippen LogP contribution in [-0.4, -0.2) is 4.98 Å². The van der Waals surface area contributed by atoms with Gasteiger partial charge < -0.3 is 5.32 Å². The summed E-state index contributed by atoms with van der Waals surface area (Å²) >= 11 is 2.08. The summed E-state index contributed by atoms with van der Waals surface area (Å²) in [6.07, 6.45) is 1.70. The van der Waals surface area contributed by atoms with Crippen LogP contribution in [0.3, 0.4) is 0 Å². The lowest BCUT2D eigenvalue weighted by Gasteiger charge is -2.07. The Bertz CT molecular complexity index is 514. The summed E-state index contributed by atoms with van der Waals surface area (Å²) < 4.78 is 14.4. The molecule has 0 saturated heterocycles. The highest BCUT2D eigenvalue weighted by Crippen LogP contribution is 2.20. The fourth-order valence-electron chi connectivity index (χ4n) is 1.33. The van der Waals surface area contributed by atoms with Crippen LogP contribution >= 0.6 is 22.6 Å². The number of halogens is 2. The van der Waals surface area contributed by atoms with E-state index in [-0.39, 0.29) is 5.82 Å². The molecule has 0 radical (unpaired) electrons. The van der Waals surface area contributed by atoms with Crippen molar-refractivity contribution in [1.29, 1.82) is 0 Å². The molecule has 2 nitrogen and oxygen atoms in total. The van der Waals surface area contributed by atoms with Gasteiger partial charge in [-0.1, -0.05) is 0 Å². The number of anilines is 2. The van der Waals surface area contributed by atoms with E-state index in [0.717, 1.165) is 9.13 Å². The molecule has 0 saturated carbocycles. The van der Waals surface area contributed by atoms with Gasteiger partial charge in [-0.15, -0.1) is 0 Å². The highest BCUT2D eigenvalue weighted by molar-refractivity contribution is 14.1. The molecule has 1 heterocycles. The zero-order chi connectivity index (χ0) is 11.5. The van der Waals surface area contributed by atoms with Crippen LogP contribution in [0.4, 0.5) is 15.9 Å². The van der Waals surface area contributed by atoms with Crippen molar-refractivity contribution in [3.05, 3.63) is 51.5 Å². The van der Waals surface area contributed by atoms with Crippen molar-refractivity contribution >= 4 is 34.1 Å². The number of nitrogens with zero attached hydrogens (tertiary/aromatic N) is 1. The highest BCUT2D eigenvalue weighted by atomic mass is 127. The van der Waals surface area contributed by atoms with Crippen molar-refractivity contribution in [2.45, 2.75) is 6.92 Å². The van der Waals surface area contributed by atoms with Gasteiger partial charge in [0.05, 0.1) is 5.69 Å². The molecule has 0 bridgehead atoms. The second kappa shape index (κ2) is 4.78. The molecule has 0 unspecified atom stereocenters. The molecule has 1 aromatic carbocycles. The first-order valence-corrected chi connectivity index (χ1v) is 5.88. The maximum absolute atomic E-state index is 13.5. The summed E-state index contributed by atoms with van der Waals surface area (Å²) in [6, 6.07) is 8.81. The topological polar surface area (TPSA) is 24.9 Å². The maximum Gasteiger partial charge on any atom is 0.147 e.